The van der Waals surface area contributed by atoms with Gasteiger partial charge < -0.3 is 14.9 Å². The lowest BCUT2D eigenvalue weighted by Gasteiger charge is -2.25. The number of aromatic hydroxyl groups is 2. The van der Waals surface area contributed by atoms with Crippen LogP contribution in [0.25, 0.3) is 33.0 Å². The van der Waals surface area contributed by atoms with E-state index in [2.05, 4.69) is 0 Å². The minimum atomic E-state index is -0.308. The van der Waals surface area contributed by atoms with Crippen LogP contribution in [0.4, 0.5) is 4.39 Å². The second-order valence-corrected chi connectivity index (χ2v) is 6.67. The molecule has 0 unspecified atom stereocenters. The first-order valence-electron chi connectivity index (χ1n) is 8.61. The third-order valence-electron chi connectivity index (χ3n) is 4.96. The summed E-state index contributed by atoms with van der Waals surface area (Å²) in [6.45, 7) is 0.329. The van der Waals surface area contributed by atoms with Gasteiger partial charge in [0.25, 0.3) is 0 Å². The van der Waals surface area contributed by atoms with Crippen LogP contribution >= 0.6 is 0 Å². The molecule has 0 radical (unpaired) electrons. The molecule has 0 spiro atoms. The first-order valence-corrected chi connectivity index (χ1v) is 8.61. The molecule has 0 saturated heterocycles. The fourth-order valence-electron chi connectivity index (χ4n) is 3.73. The predicted octanol–water partition coefficient (Wildman–Crippen LogP) is 5.62. The van der Waals surface area contributed by atoms with Crippen molar-refractivity contribution in [1.82, 2.24) is 0 Å². The van der Waals surface area contributed by atoms with Gasteiger partial charge in [0.05, 0.1) is 0 Å². The molecule has 2 N–H and O–H groups in total. The van der Waals surface area contributed by atoms with Crippen molar-refractivity contribution in [2.75, 3.05) is 0 Å². The molecule has 1 heterocycles. The van der Waals surface area contributed by atoms with E-state index in [4.69, 9.17) is 4.74 Å². The van der Waals surface area contributed by atoms with Crippen molar-refractivity contribution in [3.8, 4) is 39.5 Å². The second kappa shape index (κ2) is 5.74. The van der Waals surface area contributed by atoms with Crippen molar-refractivity contribution in [3.05, 3.63) is 78.1 Å². The van der Waals surface area contributed by atoms with Gasteiger partial charge in [-0.25, -0.2) is 4.39 Å². The Morgan fingerprint density at radius 1 is 0.778 bits per heavy atom. The maximum Gasteiger partial charge on any atom is 0.136 e. The Labute approximate surface area is 154 Å². The van der Waals surface area contributed by atoms with Crippen LogP contribution in [-0.2, 0) is 6.61 Å². The summed E-state index contributed by atoms with van der Waals surface area (Å²) in [6, 6.07) is 18.7. The SMILES string of the molecule is Oc1ccc2c(c1)COc1c-2cc2ccc(O)cc2c1-c1ccc(F)cc1. The Morgan fingerprint density at radius 2 is 1.52 bits per heavy atom. The van der Waals surface area contributed by atoms with E-state index >= 15 is 0 Å². The quantitative estimate of drug-likeness (QED) is 0.464. The zero-order valence-corrected chi connectivity index (χ0v) is 14.2. The Balaban J connectivity index is 1.88. The van der Waals surface area contributed by atoms with E-state index in [9.17, 15) is 14.6 Å². The minimum Gasteiger partial charge on any atom is -0.508 e. The Morgan fingerprint density at radius 3 is 2.33 bits per heavy atom. The van der Waals surface area contributed by atoms with Crippen LogP contribution in [0.2, 0.25) is 0 Å². The van der Waals surface area contributed by atoms with Crippen molar-refractivity contribution in [1.29, 1.82) is 0 Å². The molecule has 4 aromatic carbocycles. The highest BCUT2D eigenvalue weighted by molar-refractivity contribution is 6.05. The molecule has 1 aliphatic heterocycles. The van der Waals surface area contributed by atoms with Gasteiger partial charge in [0, 0.05) is 16.7 Å². The molecule has 4 heteroatoms. The molecule has 0 aromatic heterocycles. The molecular formula is C23H15FO3. The van der Waals surface area contributed by atoms with Gasteiger partial charge in [-0.15, -0.1) is 0 Å². The lowest BCUT2D eigenvalue weighted by Crippen LogP contribution is -2.07. The molecule has 0 bridgehead atoms. The average molecular weight is 358 g/mol. The monoisotopic (exact) mass is 358 g/mol. The predicted molar refractivity (Wildman–Crippen MR) is 102 cm³/mol. The molecule has 4 aromatic rings. The number of rotatable bonds is 1. The van der Waals surface area contributed by atoms with Crippen LogP contribution in [0.1, 0.15) is 5.56 Å². The molecule has 132 valence electrons. The van der Waals surface area contributed by atoms with Crippen molar-refractivity contribution in [2.24, 2.45) is 0 Å². The van der Waals surface area contributed by atoms with Gasteiger partial charge in [-0.2, -0.15) is 0 Å². The Hall–Kier alpha value is -3.53. The van der Waals surface area contributed by atoms with Crippen molar-refractivity contribution in [2.45, 2.75) is 6.61 Å². The number of hydrogen-bond acceptors (Lipinski definition) is 3. The second-order valence-electron chi connectivity index (χ2n) is 6.67. The number of hydrogen-bond donors (Lipinski definition) is 2. The molecule has 0 aliphatic carbocycles. The number of phenols is 2. The number of phenolic OH excluding ortho intramolecular Hbond substituents is 2. The van der Waals surface area contributed by atoms with Gasteiger partial charge >= 0.3 is 0 Å². The minimum absolute atomic E-state index is 0.159. The summed E-state index contributed by atoms with van der Waals surface area (Å²) in [7, 11) is 0. The maximum atomic E-state index is 13.5. The topological polar surface area (TPSA) is 49.7 Å². The van der Waals surface area contributed by atoms with E-state index in [0.29, 0.717) is 12.4 Å². The molecule has 0 atom stereocenters. The summed E-state index contributed by atoms with van der Waals surface area (Å²) >= 11 is 0. The van der Waals surface area contributed by atoms with Crippen molar-refractivity contribution >= 4 is 10.8 Å². The van der Waals surface area contributed by atoms with E-state index in [1.165, 1.54) is 12.1 Å². The average Bonchev–Trinajstić information content (AvgIpc) is 2.67. The third-order valence-corrected chi connectivity index (χ3v) is 4.96. The summed E-state index contributed by atoms with van der Waals surface area (Å²) in [5.41, 5.74) is 4.44. The summed E-state index contributed by atoms with van der Waals surface area (Å²) < 4.78 is 19.5. The molecule has 0 fully saturated rings. The van der Waals surface area contributed by atoms with Gasteiger partial charge in [-0.05, 0) is 64.4 Å². The van der Waals surface area contributed by atoms with Crippen LogP contribution in [0.5, 0.6) is 17.2 Å². The highest BCUT2D eigenvalue weighted by atomic mass is 19.1. The fraction of sp³-hybridized carbons (Fsp3) is 0.0435. The summed E-state index contributed by atoms with van der Waals surface area (Å²) in [5.74, 6) is 0.743. The summed E-state index contributed by atoms with van der Waals surface area (Å²) in [5, 5.41) is 21.6. The van der Waals surface area contributed by atoms with Crippen molar-refractivity contribution < 1.29 is 19.3 Å². The molecule has 1 aliphatic rings. The number of ether oxygens (including phenoxy) is 1. The van der Waals surface area contributed by atoms with Gasteiger partial charge in [0.15, 0.2) is 0 Å². The van der Waals surface area contributed by atoms with Gasteiger partial charge in [-0.1, -0.05) is 24.3 Å². The summed E-state index contributed by atoms with van der Waals surface area (Å²) in [6.07, 6.45) is 0. The van der Waals surface area contributed by atoms with Gasteiger partial charge in [-0.3, -0.25) is 0 Å². The maximum absolute atomic E-state index is 13.5. The zero-order chi connectivity index (χ0) is 18.5. The first-order chi connectivity index (χ1) is 13.1. The normalized spacial score (nSPS) is 12.3. The van der Waals surface area contributed by atoms with Crippen LogP contribution in [0.15, 0.2) is 66.7 Å². The van der Waals surface area contributed by atoms with E-state index in [0.717, 1.165) is 38.6 Å². The van der Waals surface area contributed by atoms with Crippen LogP contribution < -0.4 is 4.74 Å². The smallest absolute Gasteiger partial charge is 0.136 e. The molecule has 0 saturated carbocycles. The third kappa shape index (κ3) is 2.49. The number of fused-ring (bicyclic) bond motifs is 4. The highest BCUT2D eigenvalue weighted by Crippen LogP contribution is 2.48. The lowest BCUT2D eigenvalue weighted by molar-refractivity contribution is 0.303. The van der Waals surface area contributed by atoms with E-state index in [1.54, 1.807) is 36.4 Å². The number of benzene rings is 4. The number of halogens is 1. The molecule has 5 rings (SSSR count). The van der Waals surface area contributed by atoms with Crippen molar-refractivity contribution in [3.63, 3.8) is 0 Å². The Bertz CT molecular complexity index is 1200. The van der Waals surface area contributed by atoms with E-state index in [-0.39, 0.29) is 17.3 Å². The van der Waals surface area contributed by atoms with Crippen LogP contribution in [0, 0.1) is 5.82 Å². The zero-order valence-electron chi connectivity index (χ0n) is 14.2. The first kappa shape index (κ1) is 15.7. The van der Waals surface area contributed by atoms with Gasteiger partial charge in [0.1, 0.15) is 29.7 Å². The fourth-order valence-corrected chi connectivity index (χ4v) is 3.73. The standard InChI is InChI=1S/C23H15FO3/c24-16-4-1-13(2-5-16)22-20-11-18(26)6-3-14(20)10-21-19-8-7-17(25)9-15(19)12-27-23(21)22/h1-11,25-26H,12H2. The van der Waals surface area contributed by atoms with E-state index < -0.39 is 0 Å². The lowest BCUT2D eigenvalue weighted by atomic mass is 9.88. The largest absolute Gasteiger partial charge is 0.508 e. The van der Waals surface area contributed by atoms with Crippen LogP contribution in [0.3, 0.4) is 0 Å². The Kier molecular flexibility index (Phi) is 3.34. The highest BCUT2D eigenvalue weighted by Gasteiger charge is 2.24. The molecule has 0 amide bonds. The molecular weight excluding hydrogens is 343 g/mol. The van der Waals surface area contributed by atoms with Crippen LogP contribution in [-0.4, -0.2) is 10.2 Å². The van der Waals surface area contributed by atoms with Gasteiger partial charge in [0.2, 0.25) is 0 Å². The van der Waals surface area contributed by atoms with E-state index in [1.807, 2.05) is 18.2 Å². The molecule has 27 heavy (non-hydrogen) atoms. The summed E-state index contributed by atoms with van der Waals surface area (Å²) in [4.78, 5) is 0. The molecule has 3 nitrogen and oxygen atoms in total.